The second-order valence-electron chi connectivity index (χ2n) is 12.3. The van der Waals surface area contributed by atoms with Gasteiger partial charge in [-0.25, -0.2) is 13.2 Å². The molecular weight excluding hydrogens is 612 g/mol. The van der Waals surface area contributed by atoms with E-state index in [0.29, 0.717) is 25.4 Å². The molecule has 2 aromatic carbocycles. The fourth-order valence-electron chi connectivity index (χ4n) is 6.12. The van der Waals surface area contributed by atoms with Crippen molar-refractivity contribution in [2.45, 2.75) is 74.9 Å². The molecule has 1 amide bonds. The molecule has 0 bridgehead atoms. The van der Waals surface area contributed by atoms with Crippen molar-refractivity contribution in [1.29, 1.82) is 0 Å². The van der Waals surface area contributed by atoms with Crippen molar-refractivity contribution < 1.29 is 42.0 Å². The van der Waals surface area contributed by atoms with Crippen LogP contribution in [0.1, 0.15) is 44.6 Å². The summed E-state index contributed by atoms with van der Waals surface area (Å²) in [7, 11) is -2.64. The van der Waals surface area contributed by atoms with E-state index in [1.165, 1.54) is 17.5 Å². The molecule has 46 heavy (non-hydrogen) atoms. The Morgan fingerprint density at radius 2 is 1.93 bits per heavy atom. The molecule has 0 aromatic heterocycles. The summed E-state index contributed by atoms with van der Waals surface area (Å²) in [5, 5.41) is 14.6. The molecule has 2 saturated heterocycles. The van der Waals surface area contributed by atoms with E-state index in [2.05, 4.69) is 17.5 Å². The van der Waals surface area contributed by atoms with Crippen molar-refractivity contribution >= 4 is 16.1 Å². The maximum absolute atomic E-state index is 14.4. The van der Waals surface area contributed by atoms with Gasteiger partial charge in [0, 0.05) is 19.2 Å². The third kappa shape index (κ3) is 8.80. The molecule has 252 valence electrons. The highest BCUT2D eigenvalue weighted by atomic mass is 32.2. The normalized spacial score (nSPS) is 27.2. The Bertz CT molecular complexity index is 1420. The average Bonchev–Trinajstić information content (AvgIpc) is 3.67. The van der Waals surface area contributed by atoms with Crippen molar-refractivity contribution in [2.75, 3.05) is 40.0 Å². The summed E-state index contributed by atoms with van der Waals surface area (Å²) in [5.74, 6) is 0.597. The molecule has 6 atom stereocenters. The lowest BCUT2D eigenvalue weighted by Crippen LogP contribution is -2.51. The number of amides is 1. The maximum Gasteiger partial charge on any atom is 0.407 e. The van der Waals surface area contributed by atoms with E-state index in [1.54, 1.807) is 12.1 Å². The number of alkyl carbamates (subject to hydrolysis) is 1. The number of aliphatic hydroxyl groups is 1. The van der Waals surface area contributed by atoms with Crippen molar-refractivity contribution in [2.24, 2.45) is 11.8 Å². The van der Waals surface area contributed by atoms with Crippen LogP contribution in [-0.4, -0.2) is 88.5 Å². The molecule has 11 nitrogen and oxygen atoms in total. The number of β-amino-alcohol motifs (C(OH)–C–C–N with tert-alkyl or cyclic N) is 1. The van der Waals surface area contributed by atoms with Crippen LogP contribution in [0.2, 0.25) is 0 Å². The number of sulfonamides is 1. The number of aliphatic hydroxyl groups excluding tert-OH is 1. The van der Waals surface area contributed by atoms with E-state index in [-0.39, 0.29) is 54.9 Å². The number of carbonyl (C=O) groups excluding carboxylic acids is 1. The minimum absolute atomic E-state index is 0.00171. The molecule has 2 aromatic rings. The number of ether oxygens (including phenoxy) is 5. The first-order chi connectivity index (χ1) is 22.2. The predicted octanol–water partition coefficient (Wildman–Crippen LogP) is 4.29. The van der Waals surface area contributed by atoms with Crippen LogP contribution in [-0.2, 0) is 30.7 Å². The van der Waals surface area contributed by atoms with E-state index in [0.717, 1.165) is 31.2 Å². The standard InChI is InChI=1S/C34H46N2O9S/c1-24-11-7-4-3-5-10-17-42-30-20-26(41-2)14-15-32(30)46(39,40)36(21-24)22-29(37)28(19-25-12-8-6-9-13-25)35-34(38)45-31-23-44-33-27(31)16-18-43-33/h4,6-9,12-15,20,24,27-29,31,33,37H,3,5,10-11,16-19,21-23H2,1-2H3,(H,35,38)/b7-4-/t24-,27-,28-,29+,31-,33+/m0/s1. The van der Waals surface area contributed by atoms with E-state index in [9.17, 15) is 18.3 Å². The molecule has 0 saturated carbocycles. The molecule has 3 aliphatic heterocycles. The lowest BCUT2D eigenvalue weighted by Gasteiger charge is -2.31. The maximum atomic E-state index is 14.4. The Kier molecular flexibility index (Phi) is 12.0. The van der Waals surface area contributed by atoms with Gasteiger partial charge < -0.3 is 34.1 Å². The fraction of sp³-hybridized carbons (Fsp3) is 0.559. The summed E-state index contributed by atoms with van der Waals surface area (Å²) in [6, 6.07) is 13.2. The van der Waals surface area contributed by atoms with Crippen LogP contribution in [0.15, 0.2) is 65.6 Å². The van der Waals surface area contributed by atoms with Crippen molar-refractivity contribution in [3.05, 3.63) is 66.2 Å². The molecule has 0 unspecified atom stereocenters. The second kappa shape index (κ2) is 16.1. The van der Waals surface area contributed by atoms with E-state index >= 15 is 0 Å². The molecule has 0 spiro atoms. The van der Waals surface area contributed by atoms with Crippen LogP contribution in [0.3, 0.4) is 0 Å². The van der Waals surface area contributed by atoms with Crippen LogP contribution in [0.4, 0.5) is 4.79 Å². The summed E-state index contributed by atoms with van der Waals surface area (Å²) >= 11 is 0. The number of hydrogen-bond acceptors (Lipinski definition) is 9. The van der Waals surface area contributed by atoms with Gasteiger partial charge in [-0.2, -0.15) is 4.31 Å². The molecule has 5 rings (SSSR count). The van der Waals surface area contributed by atoms with Gasteiger partial charge in [0.15, 0.2) is 6.29 Å². The van der Waals surface area contributed by atoms with Crippen LogP contribution in [0, 0.1) is 11.8 Å². The largest absolute Gasteiger partial charge is 0.497 e. The van der Waals surface area contributed by atoms with Gasteiger partial charge in [0.25, 0.3) is 0 Å². The summed E-state index contributed by atoms with van der Waals surface area (Å²) in [6.45, 7) is 3.01. The zero-order valence-electron chi connectivity index (χ0n) is 26.6. The third-order valence-corrected chi connectivity index (χ3v) is 10.6. The van der Waals surface area contributed by atoms with E-state index < -0.39 is 34.4 Å². The molecule has 0 aliphatic carbocycles. The Morgan fingerprint density at radius 3 is 2.74 bits per heavy atom. The minimum atomic E-state index is -4.15. The molecule has 2 N–H and O–H groups in total. The minimum Gasteiger partial charge on any atom is -0.497 e. The second-order valence-corrected chi connectivity index (χ2v) is 14.2. The molecule has 0 radical (unpaired) electrons. The smallest absolute Gasteiger partial charge is 0.407 e. The number of fused-ring (bicyclic) bond motifs is 2. The topological polar surface area (TPSA) is 133 Å². The first kappa shape index (κ1) is 34.2. The number of benzene rings is 2. The number of methoxy groups -OCH3 is 1. The van der Waals surface area contributed by atoms with Crippen LogP contribution in [0.5, 0.6) is 11.5 Å². The molecule has 3 heterocycles. The van der Waals surface area contributed by atoms with E-state index in [4.69, 9.17) is 23.7 Å². The zero-order chi connectivity index (χ0) is 32.5. The van der Waals surface area contributed by atoms with Gasteiger partial charge in [-0.3, -0.25) is 0 Å². The Hall–Kier alpha value is -3.16. The van der Waals surface area contributed by atoms with Crippen molar-refractivity contribution in [3.63, 3.8) is 0 Å². The summed E-state index contributed by atoms with van der Waals surface area (Å²) in [6.07, 6.45) is 5.67. The Labute approximate surface area is 271 Å². The lowest BCUT2D eigenvalue weighted by molar-refractivity contribution is -0.0907. The number of allylic oxidation sites excluding steroid dienone is 2. The average molecular weight is 659 g/mol. The van der Waals surface area contributed by atoms with Crippen LogP contribution in [0.25, 0.3) is 0 Å². The number of hydrogen-bond donors (Lipinski definition) is 2. The highest BCUT2D eigenvalue weighted by Gasteiger charge is 2.44. The van der Waals surface area contributed by atoms with Gasteiger partial charge in [0.2, 0.25) is 10.0 Å². The van der Waals surface area contributed by atoms with Gasteiger partial charge in [-0.05, 0) is 62.1 Å². The fourth-order valence-corrected chi connectivity index (χ4v) is 7.81. The quantitative estimate of drug-likeness (QED) is 0.399. The summed E-state index contributed by atoms with van der Waals surface area (Å²) < 4.78 is 58.3. The van der Waals surface area contributed by atoms with E-state index in [1.807, 2.05) is 37.3 Å². The number of rotatable bonds is 8. The Morgan fingerprint density at radius 1 is 1.11 bits per heavy atom. The first-order valence-electron chi connectivity index (χ1n) is 16.1. The lowest BCUT2D eigenvalue weighted by atomic mass is 10.0. The molecular formula is C34H46N2O9S. The molecule has 2 fully saturated rings. The first-order valence-corrected chi connectivity index (χ1v) is 17.6. The van der Waals surface area contributed by atoms with Crippen LogP contribution < -0.4 is 14.8 Å². The highest BCUT2D eigenvalue weighted by molar-refractivity contribution is 7.89. The number of carbonyl (C=O) groups is 1. The predicted molar refractivity (Wildman–Crippen MR) is 171 cm³/mol. The van der Waals surface area contributed by atoms with Gasteiger partial charge in [0.1, 0.15) is 22.5 Å². The van der Waals surface area contributed by atoms with Gasteiger partial charge in [0.05, 0.1) is 45.0 Å². The molecule has 12 heteroatoms. The Balaban J connectivity index is 1.40. The highest BCUT2D eigenvalue weighted by Crippen LogP contribution is 2.34. The summed E-state index contributed by atoms with van der Waals surface area (Å²) in [5.41, 5.74) is 0.869. The third-order valence-electron chi connectivity index (χ3n) is 8.71. The van der Waals surface area contributed by atoms with Crippen LogP contribution >= 0.6 is 0 Å². The number of nitrogens with zero attached hydrogens (tertiary/aromatic N) is 1. The van der Waals surface area contributed by atoms with Gasteiger partial charge >= 0.3 is 6.09 Å². The van der Waals surface area contributed by atoms with Crippen molar-refractivity contribution in [1.82, 2.24) is 9.62 Å². The van der Waals surface area contributed by atoms with Gasteiger partial charge in [-0.15, -0.1) is 0 Å². The monoisotopic (exact) mass is 658 g/mol. The van der Waals surface area contributed by atoms with Gasteiger partial charge in [-0.1, -0.05) is 49.4 Å². The molecule has 3 aliphatic rings. The zero-order valence-corrected chi connectivity index (χ0v) is 27.4. The number of nitrogens with one attached hydrogen (secondary N) is 1. The SMILES string of the molecule is COc1ccc2c(c1)OCCCC/C=C\C[C@H](C)CN(C[C@@H](O)[C@H](Cc1ccccc1)NC(=O)O[C@H]1CO[C@H]3OCC[C@H]31)S2(=O)=O. The summed E-state index contributed by atoms with van der Waals surface area (Å²) in [4.78, 5) is 13.2. The van der Waals surface area contributed by atoms with Crippen molar-refractivity contribution in [3.8, 4) is 11.5 Å².